The first-order valence-electron chi connectivity index (χ1n) is 11.0. The molecule has 2 aromatic rings. The quantitative estimate of drug-likeness (QED) is 0.571. The molecule has 8 nitrogen and oxygen atoms in total. The number of nitrogens with zero attached hydrogens (tertiary/aromatic N) is 2. The Bertz CT molecular complexity index is 1020. The molecule has 0 saturated heterocycles. The zero-order valence-corrected chi connectivity index (χ0v) is 18.4. The van der Waals surface area contributed by atoms with Crippen molar-refractivity contribution >= 4 is 17.9 Å². The number of ether oxygens (including phenoxy) is 1. The number of nitriles is 1. The number of rotatable bonds is 9. The van der Waals surface area contributed by atoms with Gasteiger partial charge in [-0.1, -0.05) is 54.6 Å². The summed E-state index contributed by atoms with van der Waals surface area (Å²) in [5, 5.41) is 11.4. The van der Waals surface area contributed by atoms with Crippen LogP contribution in [0, 0.1) is 11.3 Å². The Balaban J connectivity index is 1.72. The van der Waals surface area contributed by atoms with Gasteiger partial charge >= 0.3 is 6.09 Å². The van der Waals surface area contributed by atoms with Gasteiger partial charge in [-0.15, -0.1) is 0 Å². The maximum absolute atomic E-state index is 13.2. The molecule has 3 N–H and O–H groups in total. The Hall–Kier alpha value is -3.86. The molecule has 0 aromatic heterocycles. The van der Waals surface area contributed by atoms with Gasteiger partial charge in [-0.3, -0.25) is 14.5 Å². The van der Waals surface area contributed by atoms with Crippen LogP contribution in [0.25, 0.3) is 0 Å². The lowest BCUT2D eigenvalue weighted by molar-refractivity contribution is -0.131. The third kappa shape index (κ3) is 6.56. The van der Waals surface area contributed by atoms with E-state index in [9.17, 15) is 14.4 Å². The first-order valence-corrected chi connectivity index (χ1v) is 11.0. The van der Waals surface area contributed by atoms with E-state index >= 15 is 0 Å². The van der Waals surface area contributed by atoms with Gasteiger partial charge in [0.1, 0.15) is 18.7 Å². The highest BCUT2D eigenvalue weighted by Gasteiger charge is 2.36. The number of unbranched alkanes of at least 4 members (excludes halogenated alkanes) is 2. The number of nitrogens with two attached hydrogens (primary N) is 1. The SMILES string of the molecule is N#CCCCC[C@@H](NC(=O)[C@@H]1Cc2ccccc2CN1C(=O)OCc1ccccc1)C(N)=O. The fraction of sp³-hybridized carbons (Fsp3) is 0.360. The van der Waals surface area contributed by atoms with Crippen LogP contribution in [0.3, 0.4) is 0 Å². The lowest BCUT2D eigenvalue weighted by atomic mass is 9.93. The van der Waals surface area contributed by atoms with Crippen LogP contribution in [0.2, 0.25) is 0 Å². The van der Waals surface area contributed by atoms with Crippen molar-refractivity contribution in [2.24, 2.45) is 5.73 Å². The zero-order chi connectivity index (χ0) is 23.6. The van der Waals surface area contributed by atoms with Crippen molar-refractivity contribution in [1.29, 1.82) is 5.26 Å². The summed E-state index contributed by atoms with van der Waals surface area (Å²) < 4.78 is 5.49. The number of carbonyl (C=O) groups excluding carboxylic acids is 3. The predicted molar refractivity (Wildman–Crippen MR) is 121 cm³/mol. The fourth-order valence-corrected chi connectivity index (χ4v) is 3.86. The lowest BCUT2D eigenvalue weighted by Crippen LogP contribution is -2.56. The smallest absolute Gasteiger partial charge is 0.411 e. The Morgan fingerprint density at radius 1 is 1.09 bits per heavy atom. The molecular formula is C25H28N4O4. The summed E-state index contributed by atoms with van der Waals surface area (Å²) in [6, 6.07) is 17.3. The fourth-order valence-electron chi connectivity index (χ4n) is 3.86. The number of primary amides is 1. The molecule has 0 bridgehead atoms. The molecule has 1 aliphatic heterocycles. The number of nitrogens with one attached hydrogen (secondary N) is 1. The van der Waals surface area contributed by atoms with Gasteiger partial charge in [0.05, 0.1) is 12.6 Å². The molecule has 172 valence electrons. The molecule has 0 radical (unpaired) electrons. The summed E-state index contributed by atoms with van der Waals surface area (Å²) in [6.45, 7) is 0.320. The molecule has 3 rings (SSSR count). The van der Waals surface area contributed by atoms with Crippen molar-refractivity contribution < 1.29 is 19.1 Å². The van der Waals surface area contributed by atoms with Crippen molar-refractivity contribution in [1.82, 2.24) is 10.2 Å². The minimum Gasteiger partial charge on any atom is -0.445 e. The van der Waals surface area contributed by atoms with Gasteiger partial charge in [0, 0.05) is 12.8 Å². The van der Waals surface area contributed by atoms with Gasteiger partial charge in [-0.25, -0.2) is 4.79 Å². The van der Waals surface area contributed by atoms with Gasteiger partial charge < -0.3 is 15.8 Å². The van der Waals surface area contributed by atoms with Crippen LogP contribution < -0.4 is 11.1 Å². The van der Waals surface area contributed by atoms with Crippen molar-refractivity contribution in [3.05, 3.63) is 71.3 Å². The summed E-state index contributed by atoms with van der Waals surface area (Å²) in [5.74, 6) is -1.10. The highest BCUT2D eigenvalue weighted by Crippen LogP contribution is 2.25. The molecule has 0 unspecified atom stereocenters. The third-order valence-electron chi connectivity index (χ3n) is 5.68. The monoisotopic (exact) mass is 448 g/mol. The highest BCUT2D eigenvalue weighted by molar-refractivity contribution is 5.91. The third-order valence-corrected chi connectivity index (χ3v) is 5.68. The first-order chi connectivity index (χ1) is 16.0. The Morgan fingerprint density at radius 3 is 2.48 bits per heavy atom. The minimum atomic E-state index is -0.865. The highest BCUT2D eigenvalue weighted by atomic mass is 16.6. The number of fused-ring (bicyclic) bond motifs is 1. The molecule has 3 amide bonds. The van der Waals surface area contributed by atoms with Gasteiger partial charge in [0.15, 0.2) is 0 Å². The molecule has 2 aromatic carbocycles. The second-order valence-electron chi connectivity index (χ2n) is 8.02. The maximum atomic E-state index is 13.2. The molecule has 33 heavy (non-hydrogen) atoms. The summed E-state index contributed by atoms with van der Waals surface area (Å²) in [4.78, 5) is 39.4. The molecule has 0 fully saturated rings. The number of hydrogen-bond acceptors (Lipinski definition) is 5. The van der Waals surface area contributed by atoms with Crippen molar-refractivity contribution in [3.63, 3.8) is 0 Å². The Labute approximate surface area is 193 Å². The van der Waals surface area contributed by atoms with Gasteiger partial charge in [0.25, 0.3) is 0 Å². The molecule has 0 saturated carbocycles. The molecular weight excluding hydrogens is 420 g/mol. The Kier molecular flexibility index (Phi) is 8.42. The maximum Gasteiger partial charge on any atom is 0.411 e. The average molecular weight is 449 g/mol. The molecule has 2 atom stereocenters. The van der Waals surface area contributed by atoms with Gasteiger partial charge in [-0.05, 0) is 36.0 Å². The van der Waals surface area contributed by atoms with E-state index in [1.165, 1.54) is 4.90 Å². The number of hydrogen-bond donors (Lipinski definition) is 2. The topological polar surface area (TPSA) is 126 Å². The molecule has 1 aliphatic rings. The number of benzene rings is 2. The minimum absolute atomic E-state index is 0.0922. The second kappa shape index (κ2) is 11.7. The van der Waals surface area contributed by atoms with Crippen molar-refractivity contribution in [2.75, 3.05) is 0 Å². The van der Waals surface area contributed by atoms with Gasteiger partial charge in [-0.2, -0.15) is 5.26 Å². The summed E-state index contributed by atoms with van der Waals surface area (Å²) >= 11 is 0. The van der Waals surface area contributed by atoms with E-state index in [0.29, 0.717) is 32.1 Å². The number of carbonyl (C=O) groups is 3. The normalized spacial score (nSPS) is 15.6. The largest absolute Gasteiger partial charge is 0.445 e. The molecule has 0 aliphatic carbocycles. The van der Waals surface area contributed by atoms with Crippen molar-refractivity contribution in [2.45, 2.75) is 57.3 Å². The van der Waals surface area contributed by atoms with Crippen LogP contribution in [0.15, 0.2) is 54.6 Å². The van der Waals surface area contributed by atoms with Crippen LogP contribution >= 0.6 is 0 Å². The van der Waals surface area contributed by atoms with Crippen LogP contribution in [0.5, 0.6) is 0 Å². The molecule has 8 heteroatoms. The van der Waals surface area contributed by atoms with E-state index in [-0.39, 0.29) is 13.2 Å². The van der Waals surface area contributed by atoms with E-state index in [1.807, 2.05) is 54.6 Å². The van der Waals surface area contributed by atoms with Crippen LogP contribution in [0.4, 0.5) is 4.79 Å². The standard InChI is InChI=1S/C25H28N4O4/c26-14-8-2-5-13-21(23(27)30)28-24(31)22-15-19-11-6-7-12-20(19)16-29(22)25(32)33-17-18-9-3-1-4-10-18/h1,3-4,6-7,9-12,21-22H,2,5,8,13,15-17H2,(H2,27,30)(H,28,31)/t21-,22+/m1/s1. The summed E-state index contributed by atoms with van der Waals surface area (Å²) in [7, 11) is 0. The van der Waals surface area contributed by atoms with E-state index < -0.39 is 30.0 Å². The summed E-state index contributed by atoms with van der Waals surface area (Å²) in [6.07, 6.45) is 1.62. The average Bonchev–Trinajstić information content (AvgIpc) is 2.84. The van der Waals surface area contributed by atoms with Crippen LogP contribution in [-0.2, 0) is 33.9 Å². The van der Waals surface area contributed by atoms with Gasteiger partial charge in [0.2, 0.25) is 11.8 Å². The zero-order valence-electron chi connectivity index (χ0n) is 18.4. The lowest BCUT2D eigenvalue weighted by Gasteiger charge is -2.35. The van der Waals surface area contributed by atoms with Crippen molar-refractivity contribution in [3.8, 4) is 6.07 Å². The van der Waals surface area contributed by atoms with E-state index in [2.05, 4.69) is 11.4 Å². The van der Waals surface area contributed by atoms with E-state index in [0.717, 1.165) is 16.7 Å². The van der Waals surface area contributed by atoms with Crippen LogP contribution in [-0.4, -0.2) is 34.9 Å². The first kappa shape index (κ1) is 23.8. The Morgan fingerprint density at radius 2 is 1.79 bits per heavy atom. The number of amides is 3. The second-order valence-corrected chi connectivity index (χ2v) is 8.02. The predicted octanol–water partition coefficient (Wildman–Crippen LogP) is 2.80. The van der Waals surface area contributed by atoms with Crippen LogP contribution in [0.1, 0.15) is 42.4 Å². The van der Waals surface area contributed by atoms with E-state index in [4.69, 9.17) is 15.7 Å². The molecule has 0 spiro atoms. The molecule has 1 heterocycles. The summed E-state index contributed by atoms with van der Waals surface area (Å²) in [5.41, 5.74) is 8.24. The van der Waals surface area contributed by atoms with E-state index in [1.54, 1.807) is 0 Å².